The van der Waals surface area contributed by atoms with Crippen LogP contribution in [-0.4, -0.2) is 19.3 Å². The molecule has 1 fully saturated rings. The van der Waals surface area contributed by atoms with Crippen LogP contribution in [0.25, 0.3) is 0 Å². The molecule has 1 aromatic rings. The summed E-state index contributed by atoms with van der Waals surface area (Å²) in [5.41, 5.74) is 1.32. The van der Waals surface area contributed by atoms with E-state index in [2.05, 4.69) is 49.6 Å². The molecule has 0 spiro atoms. The van der Waals surface area contributed by atoms with Crippen molar-refractivity contribution < 1.29 is 4.74 Å². The Balaban J connectivity index is 2.29. The number of likely N-dealkylation sites (N-methyl/N-ethyl adjacent to an activating group) is 1. The van der Waals surface area contributed by atoms with Crippen molar-refractivity contribution in [1.29, 1.82) is 0 Å². The van der Waals surface area contributed by atoms with Gasteiger partial charge in [0.1, 0.15) is 0 Å². The summed E-state index contributed by atoms with van der Waals surface area (Å²) >= 11 is 0. The molecule has 0 aromatic heterocycles. The van der Waals surface area contributed by atoms with Crippen LogP contribution in [0, 0.1) is 0 Å². The van der Waals surface area contributed by atoms with E-state index >= 15 is 0 Å². The lowest BCUT2D eigenvalue weighted by molar-refractivity contribution is -0.0766. The second-order valence-electron chi connectivity index (χ2n) is 5.54. The van der Waals surface area contributed by atoms with Crippen LogP contribution in [0.2, 0.25) is 0 Å². The highest BCUT2D eigenvalue weighted by atomic mass is 16.5. The fourth-order valence-corrected chi connectivity index (χ4v) is 3.51. The van der Waals surface area contributed by atoms with Crippen LogP contribution in [0.4, 0.5) is 0 Å². The van der Waals surface area contributed by atoms with Crippen LogP contribution < -0.4 is 5.32 Å². The zero-order valence-electron chi connectivity index (χ0n) is 12.3. The molecule has 1 aliphatic carbocycles. The third kappa shape index (κ3) is 3.37. The van der Waals surface area contributed by atoms with Gasteiger partial charge < -0.3 is 10.1 Å². The molecule has 1 saturated carbocycles. The molecular weight excluding hydrogens is 234 g/mol. The summed E-state index contributed by atoms with van der Waals surface area (Å²) in [7, 11) is 2.06. The predicted octanol–water partition coefficient (Wildman–Crippen LogP) is 4.08. The van der Waals surface area contributed by atoms with Crippen LogP contribution in [0.5, 0.6) is 0 Å². The SMILES string of the molecule is CCOC1(C(NC)c2ccccc2)CCCCCC1. The van der Waals surface area contributed by atoms with Gasteiger partial charge in [-0.15, -0.1) is 0 Å². The van der Waals surface area contributed by atoms with Crippen molar-refractivity contribution in [2.75, 3.05) is 13.7 Å². The van der Waals surface area contributed by atoms with Crippen LogP contribution >= 0.6 is 0 Å². The third-order valence-corrected chi connectivity index (χ3v) is 4.33. The Morgan fingerprint density at radius 2 is 1.74 bits per heavy atom. The molecule has 0 radical (unpaired) electrons. The molecule has 1 N–H and O–H groups in total. The largest absolute Gasteiger partial charge is 0.373 e. The summed E-state index contributed by atoms with van der Waals surface area (Å²) in [6, 6.07) is 11.1. The van der Waals surface area contributed by atoms with Gasteiger partial charge >= 0.3 is 0 Å². The molecule has 1 atom stereocenters. The number of hydrogen-bond acceptors (Lipinski definition) is 2. The van der Waals surface area contributed by atoms with Crippen LogP contribution in [0.3, 0.4) is 0 Å². The highest BCUT2D eigenvalue weighted by Crippen LogP contribution is 2.40. The molecule has 0 aliphatic heterocycles. The zero-order chi connectivity index (χ0) is 13.6. The van der Waals surface area contributed by atoms with E-state index in [1.54, 1.807) is 0 Å². The minimum Gasteiger partial charge on any atom is -0.373 e. The van der Waals surface area contributed by atoms with Gasteiger partial charge in [0, 0.05) is 6.61 Å². The summed E-state index contributed by atoms with van der Waals surface area (Å²) in [6.07, 6.45) is 7.60. The van der Waals surface area contributed by atoms with Crippen molar-refractivity contribution in [2.24, 2.45) is 0 Å². The predicted molar refractivity (Wildman–Crippen MR) is 80.3 cm³/mol. The molecule has 1 aromatic carbocycles. The van der Waals surface area contributed by atoms with Crippen molar-refractivity contribution in [2.45, 2.75) is 57.1 Å². The van der Waals surface area contributed by atoms with E-state index in [-0.39, 0.29) is 5.60 Å². The summed E-state index contributed by atoms with van der Waals surface area (Å²) in [4.78, 5) is 0. The smallest absolute Gasteiger partial charge is 0.0876 e. The molecule has 2 nitrogen and oxygen atoms in total. The lowest BCUT2D eigenvalue weighted by Crippen LogP contribution is -2.45. The molecule has 2 rings (SSSR count). The fourth-order valence-electron chi connectivity index (χ4n) is 3.51. The average Bonchev–Trinajstić information content (AvgIpc) is 2.68. The molecule has 0 amide bonds. The topological polar surface area (TPSA) is 21.3 Å². The quantitative estimate of drug-likeness (QED) is 0.807. The van der Waals surface area contributed by atoms with Gasteiger partial charge in [0.15, 0.2) is 0 Å². The Morgan fingerprint density at radius 1 is 1.11 bits per heavy atom. The first-order valence-corrected chi connectivity index (χ1v) is 7.68. The second-order valence-corrected chi connectivity index (χ2v) is 5.54. The number of benzene rings is 1. The van der Waals surface area contributed by atoms with Gasteiger partial charge in [-0.1, -0.05) is 56.0 Å². The molecule has 1 unspecified atom stereocenters. The van der Waals surface area contributed by atoms with Gasteiger partial charge in [-0.05, 0) is 32.4 Å². The lowest BCUT2D eigenvalue weighted by Gasteiger charge is -2.40. The number of nitrogens with one attached hydrogen (secondary N) is 1. The highest BCUT2D eigenvalue weighted by molar-refractivity contribution is 5.22. The van der Waals surface area contributed by atoms with E-state index in [1.165, 1.54) is 44.1 Å². The van der Waals surface area contributed by atoms with E-state index in [4.69, 9.17) is 4.74 Å². The molecule has 0 saturated heterocycles. The van der Waals surface area contributed by atoms with Crippen molar-refractivity contribution in [1.82, 2.24) is 5.32 Å². The monoisotopic (exact) mass is 261 g/mol. The highest BCUT2D eigenvalue weighted by Gasteiger charge is 2.39. The van der Waals surface area contributed by atoms with Gasteiger partial charge in [0.25, 0.3) is 0 Å². The molecule has 0 heterocycles. The number of hydrogen-bond donors (Lipinski definition) is 1. The Bertz CT molecular complexity index is 355. The first-order valence-electron chi connectivity index (χ1n) is 7.68. The van der Waals surface area contributed by atoms with Crippen LogP contribution in [0.15, 0.2) is 30.3 Å². The Labute approximate surface area is 117 Å². The second kappa shape index (κ2) is 7.06. The van der Waals surface area contributed by atoms with Gasteiger partial charge in [-0.3, -0.25) is 0 Å². The molecule has 2 heteroatoms. The van der Waals surface area contributed by atoms with E-state index in [0.717, 1.165) is 6.61 Å². The Morgan fingerprint density at radius 3 is 2.26 bits per heavy atom. The van der Waals surface area contributed by atoms with E-state index in [9.17, 15) is 0 Å². The average molecular weight is 261 g/mol. The standard InChI is InChI=1S/C17H27NO/c1-3-19-17(13-9-4-5-10-14-17)16(18-2)15-11-7-6-8-12-15/h6-8,11-12,16,18H,3-5,9-10,13-14H2,1-2H3. The van der Waals surface area contributed by atoms with Crippen LogP contribution in [-0.2, 0) is 4.74 Å². The third-order valence-electron chi connectivity index (χ3n) is 4.33. The summed E-state index contributed by atoms with van der Waals surface area (Å²) in [5.74, 6) is 0. The van der Waals surface area contributed by atoms with Crippen LogP contribution in [0.1, 0.15) is 57.1 Å². The van der Waals surface area contributed by atoms with Gasteiger partial charge in [0.2, 0.25) is 0 Å². The van der Waals surface area contributed by atoms with Crippen molar-refractivity contribution in [3.8, 4) is 0 Å². The molecule has 1 aliphatic rings. The minimum absolute atomic E-state index is 0.0264. The van der Waals surface area contributed by atoms with Gasteiger partial charge in [-0.2, -0.15) is 0 Å². The first-order chi connectivity index (χ1) is 9.32. The van der Waals surface area contributed by atoms with Crippen molar-refractivity contribution in [3.63, 3.8) is 0 Å². The first kappa shape index (κ1) is 14.5. The zero-order valence-corrected chi connectivity index (χ0v) is 12.3. The molecule has 19 heavy (non-hydrogen) atoms. The maximum absolute atomic E-state index is 6.30. The molecular formula is C17H27NO. The van der Waals surface area contributed by atoms with E-state index < -0.39 is 0 Å². The number of ether oxygens (including phenoxy) is 1. The summed E-state index contributed by atoms with van der Waals surface area (Å²) < 4.78 is 6.30. The van der Waals surface area contributed by atoms with Crippen molar-refractivity contribution in [3.05, 3.63) is 35.9 Å². The van der Waals surface area contributed by atoms with Gasteiger partial charge in [0.05, 0.1) is 11.6 Å². The molecule has 0 bridgehead atoms. The Hall–Kier alpha value is -0.860. The van der Waals surface area contributed by atoms with E-state index in [0.29, 0.717) is 6.04 Å². The summed E-state index contributed by atoms with van der Waals surface area (Å²) in [5, 5.41) is 3.52. The van der Waals surface area contributed by atoms with Gasteiger partial charge in [-0.25, -0.2) is 0 Å². The lowest BCUT2D eigenvalue weighted by atomic mass is 9.82. The summed E-state index contributed by atoms with van der Waals surface area (Å²) in [6.45, 7) is 2.91. The van der Waals surface area contributed by atoms with Crippen molar-refractivity contribution >= 4 is 0 Å². The maximum atomic E-state index is 6.30. The molecule has 106 valence electrons. The maximum Gasteiger partial charge on any atom is 0.0876 e. The number of rotatable bonds is 5. The Kier molecular flexibility index (Phi) is 5.41. The fraction of sp³-hybridized carbons (Fsp3) is 0.647. The van der Waals surface area contributed by atoms with E-state index in [1.807, 2.05) is 0 Å². The normalized spacial score (nSPS) is 20.7. The minimum atomic E-state index is -0.0264.